The predicted molar refractivity (Wildman–Crippen MR) is 438 cm³/mol. The van der Waals surface area contributed by atoms with Crippen LogP contribution in [-0.4, -0.2) is 92.5 Å². The number of rotatable bonds is 19. The van der Waals surface area contributed by atoms with Crippen molar-refractivity contribution < 1.29 is 77.5 Å². The second kappa shape index (κ2) is 35.3. The van der Waals surface area contributed by atoms with Crippen molar-refractivity contribution in [2.45, 2.75) is 156 Å². The van der Waals surface area contributed by atoms with Crippen molar-refractivity contribution in [2.75, 3.05) is 26.4 Å². The minimum atomic E-state index is -1.12. The van der Waals surface area contributed by atoms with Gasteiger partial charge in [-0.25, -0.2) is 19.2 Å². The third-order valence-electron chi connectivity index (χ3n) is 19.3. The third-order valence-corrected chi connectivity index (χ3v) is 19.3. The summed E-state index contributed by atoms with van der Waals surface area (Å²) in [6.45, 7) is 21.5. The maximum absolute atomic E-state index is 12.3. The molecule has 0 amide bonds. The second-order valence-electron chi connectivity index (χ2n) is 30.9. The number of ether oxygens (including phenoxy) is 8. The molecular formula is C95H97NO16. The molecular weight excluding hydrogens is 1410 g/mol. The highest BCUT2D eigenvalue weighted by atomic mass is 16.5. The normalized spacial score (nSPS) is 14.2. The summed E-state index contributed by atoms with van der Waals surface area (Å²) in [6, 6.07) is 70.9. The van der Waals surface area contributed by atoms with Crippen molar-refractivity contribution in [3.8, 4) is 56.4 Å². The Balaban J connectivity index is 0.000000139. The van der Waals surface area contributed by atoms with E-state index in [4.69, 9.17) is 37.9 Å². The van der Waals surface area contributed by atoms with Crippen LogP contribution >= 0.6 is 0 Å². The van der Waals surface area contributed by atoms with Crippen LogP contribution in [0, 0.1) is 0 Å². The molecule has 3 aliphatic heterocycles. The Labute approximate surface area is 653 Å². The van der Waals surface area contributed by atoms with Crippen molar-refractivity contribution in [1.29, 1.82) is 0 Å². The zero-order valence-electron chi connectivity index (χ0n) is 65.1. The summed E-state index contributed by atoms with van der Waals surface area (Å²) in [5.74, 6) is -0.742. The van der Waals surface area contributed by atoms with E-state index in [2.05, 4.69) is 23.2 Å². The second-order valence-corrected chi connectivity index (χ2v) is 30.9. The molecule has 0 saturated carbocycles. The van der Waals surface area contributed by atoms with Crippen molar-refractivity contribution in [2.24, 2.45) is 0 Å². The van der Waals surface area contributed by atoms with E-state index in [1.54, 1.807) is 6.20 Å². The van der Waals surface area contributed by atoms with Gasteiger partial charge in [0, 0.05) is 40.4 Å². The predicted octanol–water partition coefficient (Wildman–Crippen LogP) is 21.3. The Morgan fingerprint density at radius 1 is 0.393 bits per heavy atom. The molecule has 4 atom stereocenters. The van der Waals surface area contributed by atoms with Crippen LogP contribution in [0.3, 0.4) is 0 Å². The van der Waals surface area contributed by atoms with Crippen LogP contribution in [0.5, 0.6) is 23.0 Å². The Hall–Kier alpha value is -11.5. The number of hydrogen-bond donors (Lipinski definition) is 4. The fourth-order valence-electron chi connectivity index (χ4n) is 14.6. The molecule has 112 heavy (non-hydrogen) atoms. The van der Waals surface area contributed by atoms with Crippen LogP contribution in [0.2, 0.25) is 0 Å². The maximum Gasteiger partial charge on any atom is 0.337 e. The molecule has 17 nitrogen and oxygen atoms in total. The van der Waals surface area contributed by atoms with Gasteiger partial charge in [-0.05, 0) is 250 Å². The summed E-state index contributed by atoms with van der Waals surface area (Å²) in [7, 11) is 0. The fourth-order valence-corrected chi connectivity index (χ4v) is 14.6. The Bertz CT molecular complexity index is 5210. The van der Waals surface area contributed by atoms with Crippen molar-refractivity contribution >= 4 is 67.1 Å². The molecule has 4 unspecified atom stereocenters. The molecule has 11 aromatic carbocycles. The van der Waals surface area contributed by atoms with E-state index in [0.29, 0.717) is 41.2 Å². The van der Waals surface area contributed by atoms with Gasteiger partial charge < -0.3 is 58.3 Å². The fraction of sp³-hybridized carbons (Fsp3) is 0.295. The highest BCUT2D eigenvalue weighted by Gasteiger charge is 2.35. The number of hydrogen-bond acceptors (Lipinski definition) is 13. The number of nitrogens with zero attached hydrogens (tertiary/aromatic N) is 1. The summed E-state index contributed by atoms with van der Waals surface area (Å²) in [5.41, 5.74) is 11.5. The first-order chi connectivity index (χ1) is 53.7. The number of aromatic nitrogens is 1. The molecule has 0 radical (unpaired) electrons. The summed E-state index contributed by atoms with van der Waals surface area (Å²) >= 11 is 0. The lowest BCUT2D eigenvalue weighted by Gasteiger charge is -2.28. The molecule has 12 aromatic rings. The molecule has 0 saturated heterocycles. The minimum absolute atomic E-state index is 0.331. The van der Waals surface area contributed by atoms with E-state index < -0.39 is 65.1 Å². The van der Waals surface area contributed by atoms with Crippen molar-refractivity contribution in [1.82, 2.24) is 4.98 Å². The van der Waals surface area contributed by atoms with E-state index in [9.17, 15) is 39.6 Å². The molecule has 4 N–H and O–H groups in total. The van der Waals surface area contributed by atoms with Crippen LogP contribution in [0.4, 0.5) is 0 Å². The van der Waals surface area contributed by atoms with Crippen molar-refractivity contribution in [3.63, 3.8) is 0 Å². The molecule has 4 heterocycles. The van der Waals surface area contributed by atoms with Gasteiger partial charge in [-0.2, -0.15) is 0 Å². The molecule has 578 valence electrons. The van der Waals surface area contributed by atoms with E-state index in [1.165, 1.54) is 5.56 Å². The summed E-state index contributed by atoms with van der Waals surface area (Å²) in [6.07, 6.45) is 3.27. The van der Waals surface area contributed by atoms with Gasteiger partial charge >= 0.3 is 23.9 Å². The van der Waals surface area contributed by atoms with Crippen LogP contribution in [-0.2, 0) is 64.0 Å². The summed E-state index contributed by atoms with van der Waals surface area (Å²) < 4.78 is 46.9. The number of benzene rings is 11. The van der Waals surface area contributed by atoms with Crippen molar-refractivity contribution in [3.05, 3.63) is 269 Å². The molecule has 3 aliphatic rings. The molecule has 0 spiro atoms. The minimum Gasteiger partial charge on any atom is -0.493 e. The van der Waals surface area contributed by atoms with Crippen LogP contribution < -0.4 is 18.9 Å². The lowest BCUT2D eigenvalue weighted by molar-refractivity contribution is -0.161. The number of carboxylic acids is 4. The van der Waals surface area contributed by atoms with E-state index in [-0.39, 0.29) is 0 Å². The molecule has 0 aliphatic carbocycles. The maximum atomic E-state index is 12.3. The lowest BCUT2D eigenvalue weighted by atomic mass is 9.89. The average Bonchev–Trinajstić information content (AvgIpc) is 0.778. The van der Waals surface area contributed by atoms with Gasteiger partial charge in [-0.1, -0.05) is 164 Å². The zero-order valence-corrected chi connectivity index (χ0v) is 65.1. The van der Waals surface area contributed by atoms with Gasteiger partial charge in [0.1, 0.15) is 29.6 Å². The number of carbonyl (C=O) groups is 4. The average molecular weight is 1510 g/mol. The monoisotopic (exact) mass is 1510 g/mol. The molecule has 0 fully saturated rings. The van der Waals surface area contributed by atoms with Gasteiger partial charge in [0.15, 0.2) is 24.4 Å². The number of fused-ring (bicyclic) bond motifs is 7. The first kappa shape index (κ1) is 80.1. The molecule has 17 heteroatoms. The zero-order chi connectivity index (χ0) is 79.4. The summed E-state index contributed by atoms with van der Waals surface area (Å²) in [5, 5.41) is 46.2. The third kappa shape index (κ3) is 19.4. The van der Waals surface area contributed by atoms with E-state index >= 15 is 0 Å². The molecule has 0 bridgehead atoms. The molecule has 1 aromatic heterocycles. The van der Waals surface area contributed by atoms with Gasteiger partial charge in [0.25, 0.3) is 0 Å². The van der Waals surface area contributed by atoms with Crippen LogP contribution in [0.15, 0.2) is 225 Å². The largest absolute Gasteiger partial charge is 0.493 e. The number of aliphatic carboxylic acids is 4. The Morgan fingerprint density at radius 3 is 1.16 bits per heavy atom. The molecule has 15 rings (SSSR count). The quantitative estimate of drug-likeness (QED) is 0.0589. The number of pyridine rings is 1. The van der Waals surface area contributed by atoms with Crippen LogP contribution in [0.25, 0.3) is 76.6 Å². The Kier molecular flexibility index (Phi) is 25.2. The van der Waals surface area contributed by atoms with Gasteiger partial charge in [0.05, 0.1) is 42.1 Å². The standard InChI is InChI=1S/C25H26O4.C24H25NO4.C23H22O4.C23H24O4/c1-25(2,3)29-23(24(26)27)22-19-9-5-4-7-16(19)10-12-20(22)17-11-13-21-18(15-17)8-6-14-28-21;1-24(2,3)29-22(23(26)27)21-17(9-10-19-18(21)7-4-12-25-19)15-8-11-20-16(14-15)6-5-13-28-20;1-2-26-22(23(24)25)21-18-8-4-3-6-15(18)9-11-19(21)16-10-12-20-17(14-16)7-5-13-27-20;1-23(2,3)27-21(22(24)25)20-18-12-8-7-11-17(18)13-14-19(20)26-15-16-9-5-4-6-10-16/h4-5,7,9-13,15,23H,6,8,14H2,1-3H3,(H,26,27);4,7-12,14,22H,5-6,13H2,1-3H3,(H,26,27);3-4,6,8-12,14,22H,2,5,7,13H2,1H3,(H,24,25);4-14,21H,15H2,1-3H3,(H,24,25). The van der Waals surface area contributed by atoms with Crippen LogP contribution in [0.1, 0.15) is 157 Å². The first-order valence-corrected chi connectivity index (χ1v) is 38.1. The number of aryl methyl sites for hydroxylation is 3. The van der Waals surface area contributed by atoms with Gasteiger partial charge in [-0.3, -0.25) is 4.98 Å². The van der Waals surface area contributed by atoms with E-state index in [1.807, 2.05) is 269 Å². The first-order valence-electron chi connectivity index (χ1n) is 38.1. The topological polar surface area (TPSA) is 236 Å². The Morgan fingerprint density at radius 2 is 0.750 bits per heavy atom. The SMILES string of the molecule is CC(C)(C)OC(C(=O)O)c1c(-c2ccc3c(c2)CCCO3)ccc2ccccc12.CC(C)(C)OC(C(=O)O)c1c(-c2ccc3c(c2)CCCO3)ccc2ncccc12.CC(C)(C)OC(C(=O)O)c1c(OCc2ccccc2)ccc2ccccc12.CCOC(C(=O)O)c1c(-c2ccc3c(c2)CCCO3)ccc2ccccc12. The van der Waals surface area contributed by atoms with E-state index in [0.717, 1.165) is 169 Å². The lowest BCUT2D eigenvalue weighted by Crippen LogP contribution is -2.28. The highest BCUT2D eigenvalue weighted by molar-refractivity contribution is 5.99. The highest BCUT2D eigenvalue weighted by Crippen LogP contribution is 2.45. The number of carboxylic acid groups (broad SMARTS) is 4. The van der Waals surface area contributed by atoms with Gasteiger partial charge in [-0.15, -0.1) is 0 Å². The summed E-state index contributed by atoms with van der Waals surface area (Å²) in [4.78, 5) is 53.1. The smallest absolute Gasteiger partial charge is 0.337 e. The van der Waals surface area contributed by atoms with Gasteiger partial charge in [0.2, 0.25) is 0 Å².